The summed E-state index contributed by atoms with van der Waals surface area (Å²) in [6, 6.07) is 7.74. The normalized spacial score (nSPS) is 10.2. The van der Waals surface area contributed by atoms with Crippen LogP contribution in [0.5, 0.6) is 11.6 Å². The first kappa shape index (κ1) is 13.8. The Bertz CT molecular complexity index is 604. The quantitative estimate of drug-likeness (QED) is 0.471. The summed E-state index contributed by atoms with van der Waals surface area (Å²) >= 11 is 9.11. The molecule has 0 aliphatic rings. The number of pyridine rings is 1. The molecule has 0 saturated carbocycles. The third kappa shape index (κ3) is 3.42. The van der Waals surface area contributed by atoms with Crippen molar-refractivity contribution in [2.75, 3.05) is 0 Å². The Morgan fingerprint density at radius 1 is 1.37 bits per heavy atom. The molecule has 0 spiro atoms. The van der Waals surface area contributed by atoms with Gasteiger partial charge in [-0.1, -0.05) is 33.6 Å². The number of nitro benzene ring substituents is 1. The molecule has 0 aliphatic heterocycles. The van der Waals surface area contributed by atoms with E-state index in [-0.39, 0.29) is 10.7 Å². The number of nitrogens with zero attached hydrogens (tertiary/aromatic N) is 2. The third-order valence-corrected chi connectivity index (χ3v) is 3.24. The molecule has 0 aliphatic carbocycles. The van der Waals surface area contributed by atoms with E-state index < -0.39 is 4.92 Å². The van der Waals surface area contributed by atoms with E-state index in [1.165, 1.54) is 18.2 Å². The Kier molecular flexibility index (Phi) is 4.34. The predicted octanol–water partition coefficient (Wildman–Crippen LogP) is 4.33. The molecule has 0 radical (unpaired) electrons. The van der Waals surface area contributed by atoms with Crippen LogP contribution in [0.4, 0.5) is 5.69 Å². The van der Waals surface area contributed by atoms with Gasteiger partial charge in [-0.05, 0) is 11.6 Å². The summed E-state index contributed by atoms with van der Waals surface area (Å²) in [5.41, 5.74) is 0.866. The van der Waals surface area contributed by atoms with E-state index in [1.807, 2.05) is 6.07 Å². The van der Waals surface area contributed by atoms with Crippen molar-refractivity contribution in [3.63, 3.8) is 0 Å². The van der Waals surface area contributed by atoms with Gasteiger partial charge in [0, 0.05) is 29.7 Å². The molecule has 1 aromatic carbocycles. The molecule has 2 aromatic rings. The summed E-state index contributed by atoms with van der Waals surface area (Å²) in [6.45, 7) is 0. The first-order valence-corrected chi connectivity index (χ1v) is 6.73. The maximum atomic E-state index is 10.6. The average molecular weight is 344 g/mol. The van der Waals surface area contributed by atoms with E-state index in [0.29, 0.717) is 17.0 Å². The standard InChI is InChI=1S/C12H8BrClN2O3/c13-6-8-1-4-12(15-7-8)19-9-2-3-11(16(17)18)10(14)5-9/h1-5,7H,6H2. The highest BCUT2D eigenvalue weighted by molar-refractivity contribution is 9.08. The fourth-order valence-electron chi connectivity index (χ4n) is 1.37. The topological polar surface area (TPSA) is 65.3 Å². The van der Waals surface area contributed by atoms with Crippen LogP contribution in [-0.2, 0) is 5.33 Å². The molecule has 98 valence electrons. The smallest absolute Gasteiger partial charge is 0.288 e. The zero-order valence-corrected chi connectivity index (χ0v) is 11.9. The van der Waals surface area contributed by atoms with Gasteiger partial charge in [0.05, 0.1) is 4.92 Å². The van der Waals surface area contributed by atoms with Crippen LogP contribution in [0.2, 0.25) is 5.02 Å². The van der Waals surface area contributed by atoms with Crippen LogP contribution in [0.1, 0.15) is 5.56 Å². The first-order valence-electron chi connectivity index (χ1n) is 5.23. The lowest BCUT2D eigenvalue weighted by Gasteiger charge is -2.05. The number of hydrogen-bond donors (Lipinski definition) is 0. The molecule has 0 fully saturated rings. The van der Waals surface area contributed by atoms with E-state index in [0.717, 1.165) is 5.56 Å². The fraction of sp³-hybridized carbons (Fsp3) is 0.0833. The lowest BCUT2D eigenvalue weighted by atomic mass is 10.3. The maximum Gasteiger partial charge on any atom is 0.288 e. The lowest BCUT2D eigenvalue weighted by molar-refractivity contribution is -0.384. The van der Waals surface area contributed by atoms with Crippen LogP contribution >= 0.6 is 27.5 Å². The van der Waals surface area contributed by atoms with Gasteiger partial charge >= 0.3 is 0 Å². The number of aromatic nitrogens is 1. The molecule has 0 amide bonds. The molecule has 0 unspecified atom stereocenters. The molecule has 2 rings (SSSR count). The van der Waals surface area contributed by atoms with Crippen molar-refractivity contribution >= 4 is 33.2 Å². The summed E-state index contributed by atoms with van der Waals surface area (Å²) in [5.74, 6) is 0.796. The van der Waals surface area contributed by atoms with E-state index >= 15 is 0 Å². The lowest BCUT2D eigenvalue weighted by Crippen LogP contribution is -1.92. The second-order valence-corrected chi connectivity index (χ2v) is 4.58. The molecule has 0 atom stereocenters. The Morgan fingerprint density at radius 3 is 2.68 bits per heavy atom. The average Bonchev–Trinajstić information content (AvgIpc) is 2.39. The van der Waals surface area contributed by atoms with E-state index in [9.17, 15) is 10.1 Å². The maximum absolute atomic E-state index is 10.6. The second kappa shape index (κ2) is 5.99. The monoisotopic (exact) mass is 342 g/mol. The molecule has 0 N–H and O–H groups in total. The van der Waals surface area contributed by atoms with Gasteiger partial charge in [-0.15, -0.1) is 0 Å². The minimum Gasteiger partial charge on any atom is -0.439 e. The number of rotatable bonds is 4. The summed E-state index contributed by atoms with van der Waals surface area (Å²) in [4.78, 5) is 14.2. The highest BCUT2D eigenvalue weighted by Gasteiger charge is 2.13. The molecule has 5 nitrogen and oxygen atoms in total. The SMILES string of the molecule is O=[N+]([O-])c1ccc(Oc2ccc(CBr)cn2)cc1Cl. The van der Waals surface area contributed by atoms with Gasteiger partial charge in [0.25, 0.3) is 5.69 Å². The van der Waals surface area contributed by atoms with E-state index in [2.05, 4.69) is 20.9 Å². The van der Waals surface area contributed by atoms with Crippen LogP contribution in [0, 0.1) is 10.1 Å². The summed E-state index contributed by atoms with van der Waals surface area (Å²) in [6.07, 6.45) is 1.68. The Balaban J connectivity index is 2.18. The highest BCUT2D eigenvalue weighted by atomic mass is 79.9. The van der Waals surface area contributed by atoms with Crippen molar-refractivity contribution in [2.24, 2.45) is 0 Å². The van der Waals surface area contributed by atoms with Crippen LogP contribution in [0.25, 0.3) is 0 Å². The molecule has 1 heterocycles. The van der Waals surface area contributed by atoms with Crippen molar-refractivity contribution in [3.8, 4) is 11.6 Å². The number of hydrogen-bond acceptors (Lipinski definition) is 4. The van der Waals surface area contributed by atoms with Crippen molar-refractivity contribution in [1.82, 2.24) is 4.98 Å². The molecular formula is C12H8BrClN2O3. The van der Waals surface area contributed by atoms with E-state index in [1.54, 1.807) is 12.3 Å². The largest absolute Gasteiger partial charge is 0.439 e. The van der Waals surface area contributed by atoms with Crippen LogP contribution in [-0.4, -0.2) is 9.91 Å². The zero-order chi connectivity index (χ0) is 13.8. The highest BCUT2D eigenvalue weighted by Crippen LogP contribution is 2.30. The number of halogens is 2. The van der Waals surface area contributed by atoms with Crippen molar-refractivity contribution in [2.45, 2.75) is 5.33 Å². The molecule has 1 aromatic heterocycles. The molecule has 7 heteroatoms. The van der Waals surface area contributed by atoms with Gasteiger partial charge < -0.3 is 4.74 Å². The second-order valence-electron chi connectivity index (χ2n) is 3.61. The van der Waals surface area contributed by atoms with Crippen LogP contribution < -0.4 is 4.74 Å². The van der Waals surface area contributed by atoms with Gasteiger partial charge in [-0.3, -0.25) is 10.1 Å². The third-order valence-electron chi connectivity index (χ3n) is 2.29. The van der Waals surface area contributed by atoms with Gasteiger partial charge in [0.15, 0.2) is 0 Å². The zero-order valence-electron chi connectivity index (χ0n) is 9.55. The number of nitro groups is 1. The summed E-state index contributed by atoms with van der Waals surface area (Å²) < 4.78 is 5.46. The number of ether oxygens (including phenoxy) is 1. The molecular weight excluding hydrogens is 336 g/mol. The van der Waals surface area contributed by atoms with Gasteiger partial charge in [0.2, 0.25) is 5.88 Å². The van der Waals surface area contributed by atoms with Gasteiger partial charge in [-0.25, -0.2) is 4.98 Å². The molecule has 0 bridgehead atoms. The fourth-order valence-corrected chi connectivity index (χ4v) is 1.94. The number of benzene rings is 1. The van der Waals surface area contributed by atoms with Crippen molar-refractivity contribution in [1.29, 1.82) is 0 Å². The van der Waals surface area contributed by atoms with Crippen molar-refractivity contribution in [3.05, 3.63) is 57.2 Å². The number of alkyl halides is 1. The molecule has 0 saturated heterocycles. The predicted molar refractivity (Wildman–Crippen MR) is 75.0 cm³/mol. The Labute approximate surface area is 122 Å². The summed E-state index contributed by atoms with van der Waals surface area (Å²) in [5, 5.41) is 11.4. The minimum absolute atomic E-state index is 0.0274. The van der Waals surface area contributed by atoms with E-state index in [4.69, 9.17) is 16.3 Å². The van der Waals surface area contributed by atoms with Crippen LogP contribution in [0.3, 0.4) is 0 Å². The minimum atomic E-state index is -0.546. The Morgan fingerprint density at radius 2 is 2.16 bits per heavy atom. The van der Waals surface area contributed by atoms with Crippen molar-refractivity contribution < 1.29 is 9.66 Å². The summed E-state index contributed by atoms with van der Waals surface area (Å²) in [7, 11) is 0. The van der Waals surface area contributed by atoms with Crippen LogP contribution in [0.15, 0.2) is 36.5 Å². The molecule has 19 heavy (non-hydrogen) atoms. The van der Waals surface area contributed by atoms with Gasteiger partial charge in [0.1, 0.15) is 10.8 Å². The Hall–Kier alpha value is -1.66. The van der Waals surface area contributed by atoms with Gasteiger partial charge in [-0.2, -0.15) is 0 Å². The first-order chi connectivity index (χ1) is 9.10.